The first-order valence-electron chi connectivity index (χ1n) is 5.88. The Kier molecular flexibility index (Phi) is 3.64. The molecular weight excluding hydrogens is 218 g/mol. The molecule has 0 aromatic heterocycles. The van der Waals surface area contributed by atoms with Crippen LogP contribution in [-0.4, -0.2) is 34.2 Å². The van der Waals surface area contributed by atoms with Crippen molar-refractivity contribution >= 4 is 5.97 Å². The molecule has 1 saturated heterocycles. The summed E-state index contributed by atoms with van der Waals surface area (Å²) in [5.41, 5.74) is 1.15. The van der Waals surface area contributed by atoms with Crippen molar-refractivity contribution in [2.75, 3.05) is 13.1 Å². The highest BCUT2D eigenvalue weighted by molar-refractivity contribution is 5.70. The zero-order valence-electron chi connectivity index (χ0n) is 9.67. The Labute approximate surface area is 100 Å². The van der Waals surface area contributed by atoms with Gasteiger partial charge in [0, 0.05) is 6.54 Å². The van der Waals surface area contributed by atoms with Crippen LogP contribution in [0, 0.1) is 5.92 Å². The van der Waals surface area contributed by atoms with Gasteiger partial charge in [0.15, 0.2) is 0 Å². The first-order valence-corrected chi connectivity index (χ1v) is 5.88. The van der Waals surface area contributed by atoms with Gasteiger partial charge in [-0.3, -0.25) is 9.69 Å². The van der Waals surface area contributed by atoms with Crippen LogP contribution >= 0.6 is 0 Å². The number of benzene rings is 1. The van der Waals surface area contributed by atoms with Gasteiger partial charge in [-0.15, -0.1) is 0 Å². The maximum atomic E-state index is 10.8. The Morgan fingerprint density at radius 2 is 1.82 bits per heavy atom. The number of likely N-dealkylation sites (tertiary alicyclic amines) is 1. The van der Waals surface area contributed by atoms with Crippen molar-refractivity contribution in [2.45, 2.75) is 19.4 Å². The highest BCUT2D eigenvalue weighted by Crippen LogP contribution is 2.19. The zero-order chi connectivity index (χ0) is 12.3. The molecular formula is C13H17NO3. The lowest BCUT2D eigenvalue weighted by Gasteiger charge is -2.29. The molecule has 1 aliphatic rings. The van der Waals surface area contributed by atoms with Gasteiger partial charge in [0.1, 0.15) is 5.75 Å². The fourth-order valence-corrected chi connectivity index (χ4v) is 2.20. The van der Waals surface area contributed by atoms with Crippen LogP contribution in [0.4, 0.5) is 0 Å². The summed E-state index contributed by atoms with van der Waals surface area (Å²) in [6.07, 6.45) is 1.46. The molecule has 0 saturated carbocycles. The normalized spacial score (nSPS) is 18.1. The van der Waals surface area contributed by atoms with Crippen molar-refractivity contribution in [3.63, 3.8) is 0 Å². The van der Waals surface area contributed by atoms with E-state index >= 15 is 0 Å². The first kappa shape index (κ1) is 11.9. The van der Waals surface area contributed by atoms with E-state index in [4.69, 9.17) is 5.11 Å². The summed E-state index contributed by atoms with van der Waals surface area (Å²) in [6, 6.07) is 7.16. The van der Waals surface area contributed by atoms with Crippen molar-refractivity contribution in [3.8, 4) is 5.75 Å². The van der Waals surface area contributed by atoms with Crippen molar-refractivity contribution in [3.05, 3.63) is 29.8 Å². The minimum absolute atomic E-state index is 0.175. The van der Waals surface area contributed by atoms with Crippen LogP contribution < -0.4 is 0 Å². The predicted octanol–water partition coefficient (Wildman–Crippen LogP) is 1.69. The number of aromatic hydroxyl groups is 1. The largest absolute Gasteiger partial charge is 0.508 e. The second-order valence-electron chi connectivity index (χ2n) is 4.56. The second-order valence-corrected chi connectivity index (χ2v) is 4.56. The molecule has 1 heterocycles. The number of phenols is 1. The van der Waals surface area contributed by atoms with Crippen LogP contribution in [-0.2, 0) is 11.3 Å². The minimum Gasteiger partial charge on any atom is -0.508 e. The van der Waals surface area contributed by atoms with E-state index in [9.17, 15) is 9.90 Å². The molecule has 17 heavy (non-hydrogen) atoms. The van der Waals surface area contributed by atoms with Crippen LogP contribution in [0.3, 0.4) is 0 Å². The summed E-state index contributed by atoms with van der Waals surface area (Å²) in [6.45, 7) is 2.49. The minimum atomic E-state index is -0.672. The van der Waals surface area contributed by atoms with Gasteiger partial charge in [0.2, 0.25) is 0 Å². The molecule has 2 rings (SSSR count). The Bertz CT molecular complexity index is 380. The lowest BCUT2D eigenvalue weighted by molar-refractivity contribution is -0.143. The highest BCUT2D eigenvalue weighted by Gasteiger charge is 2.24. The molecule has 0 unspecified atom stereocenters. The molecule has 1 fully saturated rings. The number of nitrogens with zero attached hydrogens (tertiary/aromatic N) is 1. The molecule has 4 nitrogen and oxygen atoms in total. The number of carboxylic acids is 1. The van der Waals surface area contributed by atoms with Gasteiger partial charge in [0.05, 0.1) is 5.92 Å². The molecule has 1 aliphatic heterocycles. The fraction of sp³-hybridized carbons (Fsp3) is 0.462. The molecule has 2 N–H and O–H groups in total. The second kappa shape index (κ2) is 5.19. The lowest BCUT2D eigenvalue weighted by atomic mass is 9.97. The molecule has 0 atom stereocenters. The maximum absolute atomic E-state index is 10.8. The third kappa shape index (κ3) is 3.20. The summed E-state index contributed by atoms with van der Waals surface area (Å²) in [7, 11) is 0. The van der Waals surface area contributed by atoms with Crippen molar-refractivity contribution < 1.29 is 15.0 Å². The maximum Gasteiger partial charge on any atom is 0.306 e. The van der Waals surface area contributed by atoms with E-state index in [1.165, 1.54) is 0 Å². The molecule has 0 radical (unpaired) electrons. The van der Waals surface area contributed by atoms with Crippen LogP contribution in [0.1, 0.15) is 18.4 Å². The molecule has 4 heteroatoms. The highest BCUT2D eigenvalue weighted by atomic mass is 16.4. The van der Waals surface area contributed by atoms with Crippen LogP contribution in [0.15, 0.2) is 24.3 Å². The van der Waals surface area contributed by atoms with E-state index < -0.39 is 5.97 Å². The molecule has 0 spiro atoms. The summed E-state index contributed by atoms with van der Waals surface area (Å²) in [5.74, 6) is -0.571. The lowest BCUT2D eigenvalue weighted by Crippen LogP contribution is -2.35. The van der Waals surface area contributed by atoms with Crippen LogP contribution in [0.2, 0.25) is 0 Å². The van der Waals surface area contributed by atoms with E-state index in [-0.39, 0.29) is 11.7 Å². The Morgan fingerprint density at radius 3 is 2.35 bits per heavy atom. The average molecular weight is 235 g/mol. The van der Waals surface area contributed by atoms with Crippen molar-refractivity contribution in [1.29, 1.82) is 0 Å². The Hall–Kier alpha value is -1.55. The number of phenolic OH excluding ortho intramolecular Hbond substituents is 1. The first-order chi connectivity index (χ1) is 8.15. The smallest absolute Gasteiger partial charge is 0.306 e. The fourth-order valence-electron chi connectivity index (χ4n) is 2.20. The quantitative estimate of drug-likeness (QED) is 0.837. The number of aliphatic carboxylic acids is 1. The number of carboxylic acid groups (broad SMARTS) is 1. The molecule has 0 amide bonds. The van der Waals surface area contributed by atoms with Gasteiger partial charge >= 0.3 is 5.97 Å². The van der Waals surface area contributed by atoms with E-state index in [1.54, 1.807) is 12.1 Å². The van der Waals surface area contributed by atoms with Gasteiger partial charge in [-0.1, -0.05) is 12.1 Å². The average Bonchev–Trinajstić information content (AvgIpc) is 2.33. The van der Waals surface area contributed by atoms with Gasteiger partial charge < -0.3 is 10.2 Å². The summed E-state index contributed by atoms with van der Waals surface area (Å²) in [5, 5.41) is 18.1. The Morgan fingerprint density at radius 1 is 1.24 bits per heavy atom. The van der Waals surface area contributed by atoms with Gasteiger partial charge in [-0.2, -0.15) is 0 Å². The van der Waals surface area contributed by atoms with Crippen LogP contribution in [0.5, 0.6) is 5.75 Å². The number of hydrogen-bond acceptors (Lipinski definition) is 3. The third-order valence-electron chi connectivity index (χ3n) is 3.28. The summed E-state index contributed by atoms with van der Waals surface area (Å²) < 4.78 is 0. The summed E-state index contributed by atoms with van der Waals surface area (Å²) >= 11 is 0. The number of piperidine rings is 1. The third-order valence-corrected chi connectivity index (χ3v) is 3.28. The van der Waals surface area contributed by atoms with Crippen molar-refractivity contribution in [2.24, 2.45) is 5.92 Å². The van der Waals surface area contributed by atoms with Crippen LogP contribution in [0.25, 0.3) is 0 Å². The van der Waals surface area contributed by atoms with E-state index in [2.05, 4.69) is 4.90 Å². The number of hydrogen-bond donors (Lipinski definition) is 2. The zero-order valence-corrected chi connectivity index (χ0v) is 9.67. The Balaban J connectivity index is 1.85. The predicted molar refractivity (Wildman–Crippen MR) is 63.7 cm³/mol. The molecule has 92 valence electrons. The molecule has 0 aliphatic carbocycles. The topological polar surface area (TPSA) is 60.8 Å². The van der Waals surface area contributed by atoms with E-state index in [0.717, 1.165) is 38.0 Å². The summed E-state index contributed by atoms with van der Waals surface area (Å²) in [4.78, 5) is 13.1. The molecule has 1 aromatic rings. The SMILES string of the molecule is O=C(O)C1CCN(Cc2ccc(O)cc2)CC1. The standard InChI is InChI=1S/C13H17NO3/c15-12-3-1-10(2-4-12)9-14-7-5-11(6-8-14)13(16)17/h1-4,11,15H,5-9H2,(H,16,17). The molecule has 1 aromatic carbocycles. The van der Waals surface area contributed by atoms with E-state index in [0.29, 0.717) is 0 Å². The molecule has 0 bridgehead atoms. The van der Waals surface area contributed by atoms with E-state index in [1.807, 2.05) is 12.1 Å². The monoisotopic (exact) mass is 235 g/mol. The van der Waals surface area contributed by atoms with Gasteiger partial charge in [-0.25, -0.2) is 0 Å². The van der Waals surface area contributed by atoms with Crippen molar-refractivity contribution in [1.82, 2.24) is 4.90 Å². The van der Waals surface area contributed by atoms with Gasteiger partial charge in [-0.05, 0) is 43.6 Å². The number of rotatable bonds is 3. The van der Waals surface area contributed by atoms with Gasteiger partial charge in [0.25, 0.3) is 0 Å². The number of carbonyl (C=O) groups is 1.